The molecule has 1 fully saturated rings. The van der Waals surface area contributed by atoms with Crippen LogP contribution in [0, 0.1) is 5.82 Å². The SMILES string of the molecule is CCC1(C)CN(Cc2ccc(F)cc2Br)C(C)CN1. The second-order valence-electron chi connectivity index (χ2n) is 5.78. The molecule has 1 heterocycles. The monoisotopic (exact) mass is 328 g/mol. The number of halogens is 2. The van der Waals surface area contributed by atoms with Gasteiger partial charge in [-0.1, -0.05) is 28.9 Å². The fraction of sp³-hybridized carbons (Fsp3) is 0.600. The summed E-state index contributed by atoms with van der Waals surface area (Å²) in [7, 11) is 0. The Morgan fingerprint density at radius 1 is 1.53 bits per heavy atom. The second kappa shape index (κ2) is 5.90. The minimum atomic E-state index is -0.192. The van der Waals surface area contributed by atoms with Crippen molar-refractivity contribution in [1.82, 2.24) is 10.2 Å². The Morgan fingerprint density at radius 3 is 2.89 bits per heavy atom. The molecule has 0 aliphatic carbocycles. The van der Waals surface area contributed by atoms with Crippen molar-refractivity contribution in [1.29, 1.82) is 0 Å². The van der Waals surface area contributed by atoms with E-state index in [1.807, 2.05) is 6.07 Å². The number of nitrogens with one attached hydrogen (secondary N) is 1. The van der Waals surface area contributed by atoms with Crippen molar-refractivity contribution in [3.8, 4) is 0 Å². The van der Waals surface area contributed by atoms with Crippen molar-refractivity contribution in [2.45, 2.75) is 45.3 Å². The van der Waals surface area contributed by atoms with Gasteiger partial charge in [0.05, 0.1) is 0 Å². The quantitative estimate of drug-likeness (QED) is 0.912. The van der Waals surface area contributed by atoms with E-state index in [1.165, 1.54) is 6.07 Å². The molecule has 4 heteroatoms. The van der Waals surface area contributed by atoms with E-state index in [4.69, 9.17) is 0 Å². The Labute approximate surface area is 123 Å². The van der Waals surface area contributed by atoms with Crippen LogP contribution in [0.5, 0.6) is 0 Å². The molecule has 2 rings (SSSR count). The van der Waals surface area contributed by atoms with E-state index in [1.54, 1.807) is 6.07 Å². The maximum absolute atomic E-state index is 13.1. The van der Waals surface area contributed by atoms with Crippen LogP contribution in [0.4, 0.5) is 4.39 Å². The molecule has 1 aliphatic heterocycles. The van der Waals surface area contributed by atoms with Gasteiger partial charge in [0.25, 0.3) is 0 Å². The van der Waals surface area contributed by atoms with Crippen LogP contribution in [0.15, 0.2) is 22.7 Å². The Bertz CT molecular complexity index is 452. The van der Waals surface area contributed by atoms with E-state index < -0.39 is 0 Å². The zero-order valence-electron chi connectivity index (χ0n) is 11.8. The fourth-order valence-corrected chi connectivity index (χ4v) is 2.98. The summed E-state index contributed by atoms with van der Waals surface area (Å²) in [6, 6.07) is 5.45. The molecule has 0 spiro atoms. The minimum Gasteiger partial charge on any atom is -0.309 e. The maximum atomic E-state index is 13.1. The molecule has 1 saturated heterocycles. The van der Waals surface area contributed by atoms with Crippen molar-refractivity contribution in [3.63, 3.8) is 0 Å². The summed E-state index contributed by atoms with van der Waals surface area (Å²) >= 11 is 3.46. The van der Waals surface area contributed by atoms with E-state index in [0.717, 1.165) is 36.1 Å². The number of hydrogen-bond acceptors (Lipinski definition) is 2. The van der Waals surface area contributed by atoms with Gasteiger partial charge in [-0.25, -0.2) is 4.39 Å². The Kier molecular flexibility index (Phi) is 4.64. The van der Waals surface area contributed by atoms with E-state index in [2.05, 4.69) is 46.9 Å². The molecule has 1 N–H and O–H groups in total. The average Bonchev–Trinajstić information content (AvgIpc) is 2.37. The topological polar surface area (TPSA) is 15.3 Å². The van der Waals surface area contributed by atoms with Crippen molar-refractivity contribution in [2.24, 2.45) is 0 Å². The molecule has 2 unspecified atom stereocenters. The first-order valence-electron chi connectivity index (χ1n) is 6.86. The van der Waals surface area contributed by atoms with Crippen LogP contribution in [-0.4, -0.2) is 29.6 Å². The molecular weight excluding hydrogens is 307 g/mol. The molecule has 0 saturated carbocycles. The molecule has 0 aromatic heterocycles. The maximum Gasteiger partial charge on any atom is 0.124 e. The predicted octanol–water partition coefficient (Wildman–Crippen LogP) is 3.55. The number of rotatable bonds is 3. The van der Waals surface area contributed by atoms with Crippen LogP contribution in [0.25, 0.3) is 0 Å². The van der Waals surface area contributed by atoms with Crippen LogP contribution in [0.2, 0.25) is 0 Å². The van der Waals surface area contributed by atoms with E-state index >= 15 is 0 Å². The van der Waals surface area contributed by atoms with E-state index in [9.17, 15) is 4.39 Å². The van der Waals surface area contributed by atoms with Crippen molar-refractivity contribution in [2.75, 3.05) is 13.1 Å². The molecule has 2 atom stereocenters. The largest absolute Gasteiger partial charge is 0.309 e. The Balaban J connectivity index is 2.12. The molecule has 106 valence electrons. The molecule has 0 bridgehead atoms. The van der Waals surface area contributed by atoms with Gasteiger partial charge in [-0.05, 0) is 38.0 Å². The first kappa shape index (κ1) is 14.9. The molecule has 1 aromatic rings. The molecule has 1 aliphatic rings. The third kappa shape index (κ3) is 3.56. The Morgan fingerprint density at radius 2 is 2.26 bits per heavy atom. The van der Waals surface area contributed by atoms with Crippen LogP contribution < -0.4 is 5.32 Å². The van der Waals surface area contributed by atoms with Gasteiger partial charge in [0.1, 0.15) is 5.82 Å². The number of hydrogen-bond donors (Lipinski definition) is 1. The summed E-state index contributed by atoms with van der Waals surface area (Å²) < 4.78 is 14.0. The van der Waals surface area contributed by atoms with Crippen molar-refractivity contribution < 1.29 is 4.39 Å². The highest BCUT2D eigenvalue weighted by Gasteiger charge is 2.32. The summed E-state index contributed by atoms with van der Waals surface area (Å²) in [5.41, 5.74) is 1.33. The first-order valence-corrected chi connectivity index (χ1v) is 7.66. The van der Waals surface area contributed by atoms with E-state index in [-0.39, 0.29) is 11.4 Å². The van der Waals surface area contributed by atoms with E-state index in [0.29, 0.717) is 6.04 Å². The van der Waals surface area contributed by atoms with Crippen LogP contribution in [0.3, 0.4) is 0 Å². The number of nitrogens with zero attached hydrogens (tertiary/aromatic N) is 1. The lowest BCUT2D eigenvalue weighted by molar-refractivity contribution is 0.0864. The van der Waals surface area contributed by atoms with Gasteiger partial charge in [-0.3, -0.25) is 4.90 Å². The second-order valence-corrected chi connectivity index (χ2v) is 6.64. The number of benzene rings is 1. The van der Waals surface area contributed by atoms with Gasteiger partial charge in [-0.2, -0.15) is 0 Å². The third-order valence-corrected chi connectivity index (χ3v) is 4.91. The van der Waals surface area contributed by atoms with Gasteiger partial charge in [-0.15, -0.1) is 0 Å². The lowest BCUT2D eigenvalue weighted by Gasteiger charge is -2.45. The molecule has 1 aromatic carbocycles. The third-order valence-electron chi connectivity index (χ3n) is 4.17. The van der Waals surface area contributed by atoms with Crippen LogP contribution in [-0.2, 0) is 6.54 Å². The predicted molar refractivity (Wildman–Crippen MR) is 80.7 cm³/mol. The highest BCUT2D eigenvalue weighted by Crippen LogP contribution is 2.24. The van der Waals surface area contributed by atoms with Crippen LogP contribution in [0.1, 0.15) is 32.8 Å². The zero-order chi connectivity index (χ0) is 14.0. The van der Waals surface area contributed by atoms with Gasteiger partial charge < -0.3 is 5.32 Å². The summed E-state index contributed by atoms with van der Waals surface area (Å²) in [4.78, 5) is 2.47. The molecular formula is C15H22BrFN2. The summed E-state index contributed by atoms with van der Waals surface area (Å²) in [6.45, 7) is 9.61. The molecule has 2 nitrogen and oxygen atoms in total. The number of piperazine rings is 1. The smallest absolute Gasteiger partial charge is 0.124 e. The lowest BCUT2D eigenvalue weighted by atomic mass is 9.93. The highest BCUT2D eigenvalue weighted by molar-refractivity contribution is 9.10. The summed E-state index contributed by atoms with van der Waals surface area (Å²) in [5, 5.41) is 3.62. The van der Waals surface area contributed by atoms with Crippen molar-refractivity contribution >= 4 is 15.9 Å². The highest BCUT2D eigenvalue weighted by atomic mass is 79.9. The van der Waals surface area contributed by atoms with Gasteiger partial charge >= 0.3 is 0 Å². The summed E-state index contributed by atoms with van der Waals surface area (Å²) in [5.74, 6) is -0.192. The summed E-state index contributed by atoms with van der Waals surface area (Å²) in [6.07, 6.45) is 1.11. The van der Waals surface area contributed by atoms with Crippen LogP contribution >= 0.6 is 15.9 Å². The average molecular weight is 329 g/mol. The van der Waals surface area contributed by atoms with Gasteiger partial charge in [0, 0.05) is 35.7 Å². The van der Waals surface area contributed by atoms with Gasteiger partial charge in [0.15, 0.2) is 0 Å². The minimum absolute atomic E-state index is 0.180. The molecule has 0 radical (unpaired) electrons. The van der Waals surface area contributed by atoms with Crippen molar-refractivity contribution in [3.05, 3.63) is 34.1 Å². The fourth-order valence-electron chi connectivity index (χ4n) is 2.50. The molecule has 0 amide bonds. The lowest BCUT2D eigenvalue weighted by Crippen LogP contribution is -2.61. The van der Waals surface area contributed by atoms with Gasteiger partial charge in [0.2, 0.25) is 0 Å². The molecule has 19 heavy (non-hydrogen) atoms. The first-order chi connectivity index (χ1) is 8.93. The Hall–Kier alpha value is -0.450. The standard InChI is InChI=1S/C15H22BrFN2/c1-4-15(3)10-19(11(2)8-18-15)9-12-5-6-13(17)7-14(12)16/h5-7,11,18H,4,8-10H2,1-3H3. The zero-order valence-corrected chi connectivity index (χ0v) is 13.4. The normalized spacial score (nSPS) is 28.6.